The first kappa shape index (κ1) is 16.1. The number of nitrogens with zero attached hydrogens (tertiary/aromatic N) is 4. The highest BCUT2D eigenvalue weighted by Gasteiger charge is 2.22. The van der Waals surface area contributed by atoms with Gasteiger partial charge in [-0.15, -0.1) is 5.10 Å². The van der Waals surface area contributed by atoms with Crippen LogP contribution in [-0.2, 0) is 6.42 Å². The molecule has 0 aliphatic carbocycles. The number of rotatable bonds is 3. The van der Waals surface area contributed by atoms with Gasteiger partial charge in [0.05, 0.1) is 0 Å². The summed E-state index contributed by atoms with van der Waals surface area (Å²) < 4.78 is 27.7. The molecule has 3 heterocycles. The topological polar surface area (TPSA) is 50.5 Å². The van der Waals surface area contributed by atoms with Crippen molar-refractivity contribution in [1.29, 1.82) is 0 Å². The average molecular weight is 362 g/mol. The van der Waals surface area contributed by atoms with Gasteiger partial charge in [-0.3, -0.25) is 4.79 Å². The maximum Gasteiger partial charge on any atom is 0.275 e. The highest BCUT2D eigenvalue weighted by atomic mass is 32.1. The summed E-state index contributed by atoms with van der Waals surface area (Å²) in [4.78, 5) is 18.7. The van der Waals surface area contributed by atoms with Crippen molar-refractivity contribution in [2.24, 2.45) is 5.92 Å². The molecule has 0 amide bonds. The number of hydrogen-bond donors (Lipinski definition) is 0. The maximum atomic E-state index is 13.3. The summed E-state index contributed by atoms with van der Waals surface area (Å²) >= 11 is 1.40. The van der Waals surface area contributed by atoms with Gasteiger partial charge in [-0.1, -0.05) is 17.4 Å². The van der Waals surface area contributed by atoms with Gasteiger partial charge in [0.15, 0.2) is 11.6 Å². The summed E-state index contributed by atoms with van der Waals surface area (Å²) in [5, 5.41) is 5.15. The van der Waals surface area contributed by atoms with E-state index in [1.807, 2.05) is 0 Å². The Bertz CT molecular complexity index is 963. The molecule has 1 aliphatic heterocycles. The predicted octanol–water partition coefficient (Wildman–Crippen LogP) is 2.89. The molecule has 1 aromatic carbocycles. The molecule has 1 fully saturated rings. The number of aromatic nitrogens is 3. The lowest BCUT2D eigenvalue weighted by atomic mass is 9.90. The second kappa shape index (κ2) is 6.51. The molecule has 0 atom stereocenters. The summed E-state index contributed by atoms with van der Waals surface area (Å²) in [6, 6.07) is 5.51. The minimum atomic E-state index is -0.807. The minimum absolute atomic E-state index is 0.180. The molecule has 0 radical (unpaired) electrons. The molecular weight excluding hydrogens is 346 g/mol. The molecule has 0 bridgehead atoms. The standard InChI is InChI=1S/C17H16F2N4OS/c18-13-2-1-12(10-14(13)19)9-11-4-7-22(8-5-11)17-21-23-15(24)3-6-20-16(23)25-17/h1-3,6,10-11H,4-5,7-9H2. The monoisotopic (exact) mass is 362 g/mol. The van der Waals surface area contributed by atoms with Crippen molar-refractivity contribution in [3.63, 3.8) is 0 Å². The maximum absolute atomic E-state index is 13.3. The summed E-state index contributed by atoms with van der Waals surface area (Å²) in [6.07, 6.45) is 4.12. The van der Waals surface area contributed by atoms with Gasteiger partial charge in [0.25, 0.3) is 5.56 Å². The zero-order valence-electron chi connectivity index (χ0n) is 13.4. The van der Waals surface area contributed by atoms with E-state index in [0.29, 0.717) is 10.9 Å². The molecule has 0 N–H and O–H groups in total. The van der Waals surface area contributed by atoms with Crippen molar-refractivity contribution in [1.82, 2.24) is 14.6 Å². The molecule has 0 saturated carbocycles. The third-order valence-corrected chi connectivity index (χ3v) is 5.54. The third kappa shape index (κ3) is 3.26. The van der Waals surface area contributed by atoms with E-state index in [-0.39, 0.29) is 5.56 Å². The van der Waals surface area contributed by atoms with Crippen molar-refractivity contribution in [3.05, 3.63) is 58.0 Å². The van der Waals surface area contributed by atoms with Gasteiger partial charge in [-0.2, -0.15) is 4.52 Å². The van der Waals surface area contributed by atoms with E-state index in [4.69, 9.17) is 0 Å². The van der Waals surface area contributed by atoms with E-state index in [1.165, 1.54) is 40.2 Å². The molecular formula is C17H16F2N4OS. The first-order valence-corrected chi connectivity index (χ1v) is 8.95. The van der Waals surface area contributed by atoms with Gasteiger partial charge in [0.2, 0.25) is 10.1 Å². The number of benzene rings is 1. The lowest BCUT2D eigenvalue weighted by Gasteiger charge is -2.31. The van der Waals surface area contributed by atoms with Crippen LogP contribution in [0.2, 0.25) is 0 Å². The number of anilines is 1. The van der Waals surface area contributed by atoms with E-state index in [2.05, 4.69) is 15.0 Å². The predicted molar refractivity (Wildman–Crippen MR) is 92.1 cm³/mol. The van der Waals surface area contributed by atoms with Crippen molar-refractivity contribution >= 4 is 21.4 Å². The molecule has 3 aromatic rings. The Hall–Kier alpha value is -2.35. The van der Waals surface area contributed by atoms with E-state index in [0.717, 1.165) is 43.0 Å². The SMILES string of the molecule is O=c1ccnc2sc(N3CCC(Cc4ccc(F)c(F)c4)CC3)nn12. The normalized spacial score (nSPS) is 15.8. The Morgan fingerprint density at radius 2 is 1.96 bits per heavy atom. The van der Waals surface area contributed by atoms with E-state index < -0.39 is 11.6 Å². The summed E-state index contributed by atoms with van der Waals surface area (Å²) in [5.74, 6) is -1.17. The van der Waals surface area contributed by atoms with Gasteiger partial charge in [-0.25, -0.2) is 13.8 Å². The Balaban J connectivity index is 1.42. The molecule has 5 nitrogen and oxygen atoms in total. The summed E-state index contributed by atoms with van der Waals surface area (Å²) in [6.45, 7) is 1.64. The summed E-state index contributed by atoms with van der Waals surface area (Å²) in [5.41, 5.74) is 0.647. The third-order valence-electron chi connectivity index (χ3n) is 4.55. The van der Waals surface area contributed by atoms with Crippen LogP contribution in [0.25, 0.3) is 4.96 Å². The van der Waals surface area contributed by atoms with Crippen LogP contribution in [0.1, 0.15) is 18.4 Å². The second-order valence-corrected chi connectivity index (χ2v) is 7.18. The van der Waals surface area contributed by atoms with E-state index in [9.17, 15) is 13.6 Å². The van der Waals surface area contributed by atoms with Gasteiger partial charge < -0.3 is 4.90 Å². The molecule has 0 spiro atoms. The quantitative estimate of drug-likeness (QED) is 0.719. The first-order chi connectivity index (χ1) is 12.1. The van der Waals surface area contributed by atoms with E-state index in [1.54, 1.807) is 6.07 Å². The highest BCUT2D eigenvalue weighted by Crippen LogP contribution is 2.28. The second-order valence-electron chi connectivity index (χ2n) is 6.25. The molecule has 2 aromatic heterocycles. The fourth-order valence-electron chi connectivity index (χ4n) is 3.19. The van der Waals surface area contributed by atoms with Crippen LogP contribution in [0, 0.1) is 17.6 Å². The van der Waals surface area contributed by atoms with Crippen molar-refractivity contribution in [2.75, 3.05) is 18.0 Å². The van der Waals surface area contributed by atoms with Crippen molar-refractivity contribution in [3.8, 4) is 0 Å². The van der Waals surface area contributed by atoms with Crippen molar-refractivity contribution in [2.45, 2.75) is 19.3 Å². The van der Waals surface area contributed by atoms with Gasteiger partial charge in [0.1, 0.15) is 0 Å². The van der Waals surface area contributed by atoms with Crippen LogP contribution in [0.3, 0.4) is 0 Å². The zero-order chi connectivity index (χ0) is 17.4. The highest BCUT2D eigenvalue weighted by molar-refractivity contribution is 7.20. The molecule has 4 rings (SSSR count). The van der Waals surface area contributed by atoms with Crippen LogP contribution in [0.15, 0.2) is 35.3 Å². The number of hydrogen-bond acceptors (Lipinski definition) is 5. The van der Waals surface area contributed by atoms with E-state index >= 15 is 0 Å². The smallest absolute Gasteiger partial charge is 0.275 e. The first-order valence-electron chi connectivity index (χ1n) is 8.14. The lowest BCUT2D eigenvalue weighted by molar-refractivity contribution is 0.401. The Morgan fingerprint density at radius 1 is 1.16 bits per heavy atom. The van der Waals surface area contributed by atoms with Gasteiger partial charge >= 0.3 is 0 Å². The molecule has 8 heteroatoms. The van der Waals surface area contributed by atoms with Crippen LogP contribution in [0.4, 0.5) is 13.9 Å². The average Bonchev–Trinajstić information content (AvgIpc) is 3.05. The van der Waals surface area contributed by atoms with Crippen LogP contribution in [0.5, 0.6) is 0 Å². The lowest BCUT2D eigenvalue weighted by Crippen LogP contribution is -2.34. The van der Waals surface area contributed by atoms with Crippen LogP contribution in [-0.4, -0.2) is 27.7 Å². The largest absolute Gasteiger partial charge is 0.347 e. The molecule has 25 heavy (non-hydrogen) atoms. The van der Waals surface area contributed by atoms with Crippen LogP contribution >= 0.6 is 11.3 Å². The Labute approximate surface area is 146 Å². The zero-order valence-corrected chi connectivity index (χ0v) is 14.2. The fourth-order valence-corrected chi connectivity index (χ4v) is 4.12. The Morgan fingerprint density at radius 3 is 2.68 bits per heavy atom. The fraction of sp³-hybridized carbons (Fsp3) is 0.353. The van der Waals surface area contributed by atoms with Gasteiger partial charge in [0, 0.05) is 25.4 Å². The van der Waals surface area contributed by atoms with Crippen LogP contribution < -0.4 is 10.5 Å². The molecule has 1 aliphatic rings. The molecule has 0 unspecified atom stereocenters. The number of piperidine rings is 1. The van der Waals surface area contributed by atoms with Crippen molar-refractivity contribution < 1.29 is 8.78 Å². The summed E-state index contributed by atoms with van der Waals surface area (Å²) in [7, 11) is 0. The minimum Gasteiger partial charge on any atom is -0.347 e. The Kier molecular flexibility index (Phi) is 4.20. The molecule has 1 saturated heterocycles. The number of halogens is 2. The van der Waals surface area contributed by atoms with Gasteiger partial charge in [-0.05, 0) is 42.9 Å². The number of fused-ring (bicyclic) bond motifs is 1. The molecule has 130 valence electrons.